The number of nitrogens with one attached hydrogen (secondary N) is 1. The molecule has 1 heterocycles. The van der Waals surface area contributed by atoms with Gasteiger partial charge in [0.25, 0.3) is 0 Å². The van der Waals surface area contributed by atoms with Crippen LogP contribution in [0, 0.1) is 0 Å². The van der Waals surface area contributed by atoms with Crippen molar-refractivity contribution in [2.45, 2.75) is 57.4 Å². The first-order valence-corrected chi connectivity index (χ1v) is 6.91. The van der Waals surface area contributed by atoms with E-state index in [1.54, 1.807) is 0 Å². The van der Waals surface area contributed by atoms with Crippen LogP contribution in [-0.2, 0) is 0 Å². The molecule has 0 aromatic heterocycles. The third-order valence-corrected chi connectivity index (χ3v) is 3.91. The predicted octanol–water partition coefficient (Wildman–Crippen LogP) is 2.39. The van der Waals surface area contributed by atoms with Crippen molar-refractivity contribution in [3.05, 3.63) is 0 Å². The third kappa shape index (κ3) is 4.12. The van der Waals surface area contributed by atoms with Gasteiger partial charge >= 0.3 is 0 Å². The van der Waals surface area contributed by atoms with Crippen LogP contribution in [0.1, 0.15) is 51.4 Å². The van der Waals surface area contributed by atoms with Gasteiger partial charge in [0.1, 0.15) is 0 Å². The fourth-order valence-corrected chi connectivity index (χ4v) is 2.92. The molecule has 0 aromatic rings. The Morgan fingerprint density at radius 3 is 2.20 bits per heavy atom. The monoisotopic (exact) mass is 210 g/mol. The van der Waals surface area contributed by atoms with Crippen molar-refractivity contribution in [2.75, 3.05) is 26.2 Å². The van der Waals surface area contributed by atoms with E-state index in [1.165, 1.54) is 77.5 Å². The first kappa shape index (κ1) is 11.4. The maximum atomic E-state index is 3.75. The van der Waals surface area contributed by atoms with Crippen molar-refractivity contribution in [1.82, 2.24) is 10.2 Å². The van der Waals surface area contributed by atoms with Crippen molar-refractivity contribution < 1.29 is 0 Å². The minimum Gasteiger partial charge on any atom is -0.313 e. The number of nitrogens with zero attached hydrogens (tertiary/aromatic N) is 1. The van der Waals surface area contributed by atoms with Crippen molar-refractivity contribution in [3.8, 4) is 0 Å². The Bertz CT molecular complexity index is 156. The number of hydrogen-bond donors (Lipinski definition) is 1. The molecule has 0 aromatic carbocycles. The molecule has 1 N–H and O–H groups in total. The van der Waals surface area contributed by atoms with Crippen LogP contribution >= 0.6 is 0 Å². The largest absolute Gasteiger partial charge is 0.313 e. The van der Waals surface area contributed by atoms with Crippen LogP contribution < -0.4 is 5.32 Å². The highest BCUT2D eigenvalue weighted by atomic mass is 15.2. The van der Waals surface area contributed by atoms with E-state index < -0.39 is 0 Å². The van der Waals surface area contributed by atoms with Gasteiger partial charge in [-0.1, -0.05) is 25.7 Å². The summed E-state index contributed by atoms with van der Waals surface area (Å²) in [6.07, 6.45) is 11.5. The number of rotatable bonds is 4. The average Bonchev–Trinajstić information content (AvgIpc) is 2.62. The number of hydrogen-bond acceptors (Lipinski definition) is 2. The van der Waals surface area contributed by atoms with Gasteiger partial charge in [-0.25, -0.2) is 0 Å². The average molecular weight is 210 g/mol. The molecule has 2 heteroatoms. The Hall–Kier alpha value is -0.0800. The summed E-state index contributed by atoms with van der Waals surface area (Å²) >= 11 is 0. The highest BCUT2D eigenvalue weighted by Gasteiger charge is 2.13. The number of likely N-dealkylation sites (tertiary alicyclic amines) is 1. The standard InChI is InChI=1S/C13H26N2/c1-2-4-8-13(7-3-1)14-9-12-15-10-5-6-11-15/h13-14H,1-12H2. The molecule has 2 fully saturated rings. The van der Waals surface area contributed by atoms with E-state index in [0.29, 0.717) is 0 Å². The molecule has 1 saturated carbocycles. The Labute approximate surface area is 94.4 Å². The predicted molar refractivity (Wildman–Crippen MR) is 65.2 cm³/mol. The summed E-state index contributed by atoms with van der Waals surface area (Å²) in [5, 5.41) is 3.75. The summed E-state index contributed by atoms with van der Waals surface area (Å²) in [6, 6.07) is 0.829. The lowest BCUT2D eigenvalue weighted by molar-refractivity contribution is 0.322. The fraction of sp³-hybridized carbons (Fsp3) is 1.00. The first-order chi connectivity index (χ1) is 7.45. The summed E-state index contributed by atoms with van der Waals surface area (Å²) in [7, 11) is 0. The van der Waals surface area contributed by atoms with Crippen LogP contribution in [0.2, 0.25) is 0 Å². The van der Waals surface area contributed by atoms with Gasteiger partial charge in [0, 0.05) is 19.1 Å². The lowest BCUT2D eigenvalue weighted by Gasteiger charge is -2.19. The molecule has 15 heavy (non-hydrogen) atoms. The topological polar surface area (TPSA) is 15.3 Å². The molecule has 1 saturated heterocycles. The Morgan fingerprint density at radius 2 is 1.53 bits per heavy atom. The van der Waals surface area contributed by atoms with Gasteiger partial charge in [0.05, 0.1) is 0 Å². The van der Waals surface area contributed by atoms with Crippen molar-refractivity contribution in [1.29, 1.82) is 0 Å². The molecule has 0 atom stereocenters. The molecule has 2 nitrogen and oxygen atoms in total. The summed E-state index contributed by atoms with van der Waals surface area (Å²) in [6.45, 7) is 5.17. The van der Waals surface area contributed by atoms with E-state index in [9.17, 15) is 0 Å². The lowest BCUT2D eigenvalue weighted by atomic mass is 10.1. The minimum absolute atomic E-state index is 0.829. The zero-order chi connectivity index (χ0) is 10.3. The second-order valence-corrected chi connectivity index (χ2v) is 5.19. The summed E-state index contributed by atoms with van der Waals surface area (Å²) < 4.78 is 0. The molecule has 0 radical (unpaired) electrons. The van der Waals surface area contributed by atoms with Gasteiger partial charge in [-0.2, -0.15) is 0 Å². The van der Waals surface area contributed by atoms with E-state index in [1.807, 2.05) is 0 Å². The Balaban J connectivity index is 1.55. The van der Waals surface area contributed by atoms with E-state index in [2.05, 4.69) is 10.2 Å². The van der Waals surface area contributed by atoms with Crippen LogP contribution in [0.5, 0.6) is 0 Å². The SMILES string of the molecule is C1CCCC(NCCN2CCCC2)CC1. The minimum atomic E-state index is 0.829. The smallest absolute Gasteiger partial charge is 0.0107 e. The Morgan fingerprint density at radius 1 is 0.867 bits per heavy atom. The normalized spacial score (nSPS) is 25.6. The van der Waals surface area contributed by atoms with Gasteiger partial charge in [-0.05, 0) is 38.8 Å². The van der Waals surface area contributed by atoms with Crippen LogP contribution in [0.25, 0.3) is 0 Å². The zero-order valence-electron chi connectivity index (χ0n) is 10.0. The van der Waals surface area contributed by atoms with Crippen molar-refractivity contribution >= 4 is 0 Å². The van der Waals surface area contributed by atoms with Crippen LogP contribution in [0.15, 0.2) is 0 Å². The molecule has 2 rings (SSSR count). The van der Waals surface area contributed by atoms with Gasteiger partial charge in [-0.15, -0.1) is 0 Å². The summed E-state index contributed by atoms with van der Waals surface area (Å²) in [5.41, 5.74) is 0. The second-order valence-electron chi connectivity index (χ2n) is 5.19. The van der Waals surface area contributed by atoms with E-state index in [-0.39, 0.29) is 0 Å². The summed E-state index contributed by atoms with van der Waals surface area (Å²) in [5.74, 6) is 0. The molecule has 1 aliphatic heterocycles. The first-order valence-electron chi connectivity index (χ1n) is 6.91. The molecule has 0 bridgehead atoms. The second kappa shape index (κ2) is 6.49. The molecular weight excluding hydrogens is 184 g/mol. The van der Waals surface area contributed by atoms with Gasteiger partial charge in [0.15, 0.2) is 0 Å². The Kier molecular flexibility index (Phi) is 4.94. The van der Waals surface area contributed by atoms with E-state index >= 15 is 0 Å². The van der Waals surface area contributed by atoms with Crippen LogP contribution in [0.4, 0.5) is 0 Å². The molecule has 1 aliphatic carbocycles. The zero-order valence-corrected chi connectivity index (χ0v) is 10.0. The molecule has 0 unspecified atom stereocenters. The third-order valence-electron chi connectivity index (χ3n) is 3.91. The van der Waals surface area contributed by atoms with Gasteiger partial charge < -0.3 is 10.2 Å². The van der Waals surface area contributed by atoms with Gasteiger partial charge in [0.2, 0.25) is 0 Å². The molecule has 88 valence electrons. The molecular formula is C13H26N2. The van der Waals surface area contributed by atoms with Crippen LogP contribution in [0.3, 0.4) is 0 Å². The molecule has 0 amide bonds. The van der Waals surface area contributed by atoms with Gasteiger partial charge in [-0.3, -0.25) is 0 Å². The highest BCUT2D eigenvalue weighted by Crippen LogP contribution is 2.17. The van der Waals surface area contributed by atoms with E-state index in [0.717, 1.165) is 6.04 Å². The van der Waals surface area contributed by atoms with Crippen LogP contribution in [-0.4, -0.2) is 37.1 Å². The fourth-order valence-electron chi connectivity index (χ4n) is 2.92. The maximum absolute atomic E-state index is 3.75. The van der Waals surface area contributed by atoms with Crippen molar-refractivity contribution in [2.24, 2.45) is 0 Å². The summed E-state index contributed by atoms with van der Waals surface area (Å²) in [4.78, 5) is 2.60. The van der Waals surface area contributed by atoms with E-state index in [4.69, 9.17) is 0 Å². The molecule has 2 aliphatic rings. The maximum Gasteiger partial charge on any atom is 0.0107 e. The quantitative estimate of drug-likeness (QED) is 0.717. The van der Waals surface area contributed by atoms with Crippen molar-refractivity contribution in [3.63, 3.8) is 0 Å². The highest BCUT2D eigenvalue weighted by molar-refractivity contribution is 4.72. The molecule has 0 spiro atoms. The lowest BCUT2D eigenvalue weighted by Crippen LogP contribution is -2.35.